The van der Waals surface area contributed by atoms with Gasteiger partial charge in [0, 0.05) is 51.4 Å². The van der Waals surface area contributed by atoms with Gasteiger partial charge < -0.3 is 5.32 Å². The summed E-state index contributed by atoms with van der Waals surface area (Å²) in [7, 11) is 0. The Hall–Kier alpha value is -0.120. The molecule has 0 aromatic carbocycles. The van der Waals surface area contributed by atoms with Crippen LogP contribution in [0.4, 0.5) is 0 Å². The number of likely N-dealkylation sites (tertiary alicyclic amines) is 1. The minimum atomic E-state index is 0.768. The van der Waals surface area contributed by atoms with Gasteiger partial charge in [-0.2, -0.15) is 0 Å². The lowest BCUT2D eigenvalue weighted by molar-refractivity contribution is -0.00983. The molecule has 1 N–H and O–H groups in total. The normalized spacial score (nSPS) is 28.7. The van der Waals surface area contributed by atoms with Gasteiger partial charge in [-0.1, -0.05) is 20.3 Å². The van der Waals surface area contributed by atoms with Gasteiger partial charge in [-0.3, -0.25) is 9.80 Å². The van der Waals surface area contributed by atoms with Crippen LogP contribution in [-0.4, -0.2) is 61.2 Å². The van der Waals surface area contributed by atoms with Crippen LogP contribution in [0.15, 0.2) is 0 Å². The fraction of sp³-hybridized carbons (Fsp3) is 1.00. The Kier molecular flexibility index (Phi) is 4.22. The highest BCUT2D eigenvalue weighted by atomic mass is 15.3. The number of nitrogens with one attached hydrogen (secondary N) is 1. The predicted molar refractivity (Wildman–Crippen MR) is 68.7 cm³/mol. The highest BCUT2D eigenvalue weighted by Crippen LogP contribution is 2.23. The first-order chi connectivity index (χ1) is 7.72. The highest BCUT2D eigenvalue weighted by molar-refractivity contribution is 4.92. The van der Waals surface area contributed by atoms with E-state index in [0.29, 0.717) is 0 Å². The van der Waals surface area contributed by atoms with Crippen molar-refractivity contribution in [1.82, 2.24) is 15.1 Å². The number of nitrogens with zero attached hydrogens (tertiary/aromatic N) is 2. The maximum absolute atomic E-state index is 3.42. The predicted octanol–water partition coefficient (Wildman–Crippen LogP) is 1.01. The Labute approximate surface area is 100 Å². The van der Waals surface area contributed by atoms with Crippen molar-refractivity contribution in [2.24, 2.45) is 5.92 Å². The summed E-state index contributed by atoms with van der Waals surface area (Å²) < 4.78 is 0. The minimum absolute atomic E-state index is 0.768. The van der Waals surface area contributed by atoms with E-state index < -0.39 is 0 Å². The maximum atomic E-state index is 3.42. The Balaban J connectivity index is 1.72. The molecule has 0 aliphatic carbocycles. The topological polar surface area (TPSA) is 18.5 Å². The van der Waals surface area contributed by atoms with Gasteiger partial charge in [0.15, 0.2) is 0 Å². The van der Waals surface area contributed by atoms with Crippen molar-refractivity contribution in [3.63, 3.8) is 0 Å². The molecule has 3 heteroatoms. The first-order valence-electron chi connectivity index (χ1n) is 6.91. The van der Waals surface area contributed by atoms with Crippen LogP contribution in [0.5, 0.6) is 0 Å². The summed E-state index contributed by atoms with van der Waals surface area (Å²) in [5.74, 6) is 0.837. The molecule has 3 nitrogen and oxygen atoms in total. The monoisotopic (exact) mass is 225 g/mol. The van der Waals surface area contributed by atoms with Gasteiger partial charge in [-0.05, 0) is 12.8 Å². The molecule has 0 saturated carbocycles. The average Bonchev–Trinajstić information content (AvgIpc) is 2.27. The van der Waals surface area contributed by atoms with Crippen molar-refractivity contribution in [3.05, 3.63) is 0 Å². The number of rotatable bonds is 4. The van der Waals surface area contributed by atoms with Crippen molar-refractivity contribution in [1.29, 1.82) is 0 Å². The molecule has 0 aromatic rings. The Morgan fingerprint density at radius 1 is 1.19 bits per heavy atom. The summed E-state index contributed by atoms with van der Waals surface area (Å²) in [4.78, 5) is 5.32. The lowest BCUT2D eigenvalue weighted by atomic mass is 9.94. The summed E-state index contributed by atoms with van der Waals surface area (Å²) >= 11 is 0. The SMILES string of the molecule is CCC(C)C(C)N1CC(N2CCNCC2)C1. The van der Waals surface area contributed by atoms with Crippen LogP contribution in [0, 0.1) is 5.92 Å². The number of piperazine rings is 1. The van der Waals surface area contributed by atoms with Crippen molar-refractivity contribution in [3.8, 4) is 0 Å². The molecule has 0 spiro atoms. The molecule has 0 bridgehead atoms. The molecule has 0 amide bonds. The van der Waals surface area contributed by atoms with E-state index in [9.17, 15) is 0 Å². The van der Waals surface area contributed by atoms with Crippen molar-refractivity contribution >= 4 is 0 Å². The second-order valence-corrected chi connectivity index (χ2v) is 5.52. The molecule has 2 saturated heterocycles. The van der Waals surface area contributed by atoms with Crippen LogP contribution in [-0.2, 0) is 0 Å². The van der Waals surface area contributed by atoms with Gasteiger partial charge in [0.1, 0.15) is 0 Å². The van der Waals surface area contributed by atoms with Crippen LogP contribution in [0.25, 0.3) is 0 Å². The molecule has 2 heterocycles. The van der Waals surface area contributed by atoms with Crippen molar-refractivity contribution in [2.45, 2.75) is 39.3 Å². The third-order valence-electron chi connectivity index (χ3n) is 4.60. The average molecular weight is 225 g/mol. The number of hydrogen-bond donors (Lipinski definition) is 1. The highest BCUT2D eigenvalue weighted by Gasteiger charge is 2.35. The largest absolute Gasteiger partial charge is 0.314 e. The molecule has 0 aromatic heterocycles. The summed E-state index contributed by atoms with van der Waals surface area (Å²) in [6, 6.07) is 1.61. The van der Waals surface area contributed by atoms with Gasteiger partial charge in [0.05, 0.1) is 0 Å². The molecule has 0 radical (unpaired) electrons. The standard InChI is InChI=1S/C13H27N3/c1-4-11(2)12(3)16-9-13(10-16)15-7-5-14-6-8-15/h11-14H,4-10H2,1-3H3. The molecule has 2 fully saturated rings. The molecule has 2 atom stereocenters. The van der Waals surface area contributed by atoms with E-state index in [1.54, 1.807) is 0 Å². The number of hydrogen-bond acceptors (Lipinski definition) is 3. The van der Waals surface area contributed by atoms with Crippen molar-refractivity contribution < 1.29 is 0 Å². The van der Waals surface area contributed by atoms with E-state index in [2.05, 4.69) is 35.9 Å². The summed E-state index contributed by atoms with van der Waals surface area (Å²) in [5, 5.41) is 3.42. The zero-order valence-corrected chi connectivity index (χ0v) is 11.1. The van der Waals surface area contributed by atoms with Gasteiger partial charge in [0.25, 0.3) is 0 Å². The fourth-order valence-corrected chi connectivity index (χ4v) is 2.80. The van der Waals surface area contributed by atoms with Crippen molar-refractivity contribution in [2.75, 3.05) is 39.3 Å². The first-order valence-corrected chi connectivity index (χ1v) is 6.91. The zero-order valence-electron chi connectivity index (χ0n) is 11.1. The molecule has 2 aliphatic rings. The molecule has 2 aliphatic heterocycles. The van der Waals surface area contributed by atoms with Gasteiger partial charge in [-0.25, -0.2) is 0 Å². The molecule has 16 heavy (non-hydrogen) atoms. The fourth-order valence-electron chi connectivity index (χ4n) is 2.80. The van der Waals surface area contributed by atoms with E-state index in [1.807, 2.05) is 0 Å². The molecular formula is C13H27N3. The van der Waals surface area contributed by atoms with E-state index in [0.717, 1.165) is 18.0 Å². The summed E-state index contributed by atoms with van der Waals surface area (Å²) in [5.41, 5.74) is 0. The van der Waals surface area contributed by atoms with E-state index in [4.69, 9.17) is 0 Å². The maximum Gasteiger partial charge on any atom is 0.0351 e. The van der Waals surface area contributed by atoms with E-state index >= 15 is 0 Å². The minimum Gasteiger partial charge on any atom is -0.314 e. The lowest BCUT2D eigenvalue weighted by Crippen LogP contribution is -2.65. The third kappa shape index (κ3) is 2.58. The Morgan fingerprint density at radius 3 is 2.38 bits per heavy atom. The molecular weight excluding hydrogens is 198 g/mol. The first kappa shape index (κ1) is 12.3. The van der Waals surface area contributed by atoms with Crippen LogP contribution >= 0.6 is 0 Å². The van der Waals surface area contributed by atoms with E-state index in [1.165, 1.54) is 45.7 Å². The van der Waals surface area contributed by atoms with E-state index in [-0.39, 0.29) is 0 Å². The second kappa shape index (κ2) is 5.48. The molecule has 2 rings (SSSR count). The molecule has 94 valence electrons. The quantitative estimate of drug-likeness (QED) is 0.770. The molecule has 2 unspecified atom stereocenters. The second-order valence-electron chi connectivity index (χ2n) is 5.52. The van der Waals surface area contributed by atoms with Gasteiger partial charge in [-0.15, -0.1) is 0 Å². The van der Waals surface area contributed by atoms with Crippen LogP contribution < -0.4 is 5.32 Å². The Bertz CT molecular complexity index is 201. The van der Waals surface area contributed by atoms with Crippen LogP contribution in [0.3, 0.4) is 0 Å². The zero-order chi connectivity index (χ0) is 11.5. The smallest absolute Gasteiger partial charge is 0.0351 e. The van der Waals surface area contributed by atoms with Crippen LogP contribution in [0.1, 0.15) is 27.2 Å². The van der Waals surface area contributed by atoms with Gasteiger partial charge in [0.2, 0.25) is 0 Å². The summed E-state index contributed by atoms with van der Waals surface area (Å²) in [6.07, 6.45) is 1.30. The Morgan fingerprint density at radius 2 is 1.81 bits per heavy atom. The van der Waals surface area contributed by atoms with Gasteiger partial charge >= 0.3 is 0 Å². The third-order valence-corrected chi connectivity index (χ3v) is 4.60. The summed E-state index contributed by atoms with van der Waals surface area (Å²) in [6.45, 7) is 14.5. The lowest BCUT2D eigenvalue weighted by Gasteiger charge is -2.50. The van der Waals surface area contributed by atoms with Crippen LogP contribution in [0.2, 0.25) is 0 Å².